The van der Waals surface area contributed by atoms with Crippen molar-refractivity contribution in [2.24, 2.45) is 0 Å². The van der Waals surface area contributed by atoms with Crippen molar-refractivity contribution in [3.8, 4) is 0 Å². The molecule has 0 aromatic carbocycles. The minimum Gasteiger partial charge on any atom is -0.360 e. The molecule has 1 unspecified atom stereocenters. The summed E-state index contributed by atoms with van der Waals surface area (Å²) in [5.41, 5.74) is 1.40. The van der Waals surface area contributed by atoms with E-state index < -0.39 is 0 Å². The second-order valence-corrected chi connectivity index (χ2v) is 5.77. The standard InChI is InChI=1S/C16H27N3/c1-5-18(4)16-14(9-8-11-17-16)15-10-6-7-12-19(15)13(2)3/h8-9,11,13,15H,5-7,10,12H2,1-4H3. The molecule has 0 saturated carbocycles. The summed E-state index contributed by atoms with van der Waals surface area (Å²) < 4.78 is 0. The van der Waals surface area contributed by atoms with Crippen molar-refractivity contribution in [1.82, 2.24) is 9.88 Å². The van der Waals surface area contributed by atoms with E-state index in [2.05, 4.69) is 54.7 Å². The summed E-state index contributed by atoms with van der Waals surface area (Å²) in [6.07, 6.45) is 5.83. The minimum absolute atomic E-state index is 0.534. The van der Waals surface area contributed by atoms with Crippen molar-refractivity contribution in [3.05, 3.63) is 23.9 Å². The van der Waals surface area contributed by atoms with E-state index in [0.29, 0.717) is 12.1 Å². The Bertz CT molecular complexity index is 403. The van der Waals surface area contributed by atoms with Crippen molar-refractivity contribution in [2.75, 3.05) is 25.0 Å². The van der Waals surface area contributed by atoms with E-state index >= 15 is 0 Å². The normalized spacial score (nSPS) is 20.8. The highest BCUT2D eigenvalue weighted by Gasteiger charge is 2.28. The molecule has 106 valence electrons. The number of rotatable bonds is 4. The van der Waals surface area contributed by atoms with Gasteiger partial charge in [0.1, 0.15) is 5.82 Å². The van der Waals surface area contributed by atoms with Crippen LogP contribution in [-0.2, 0) is 0 Å². The Morgan fingerprint density at radius 3 is 2.89 bits per heavy atom. The van der Waals surface area contributed by atoms with Crippen LogP contribution in [-0.4, -0.2) is 36.1 Å². The number of anilines is 1. The van der Waals surface area contributed by atoms with Crippen LogP contribution in [0.3, 0.4) is 0 Å². The lowest BCUT2D eigenvalue weighted by atomic mass is 9.94. The van der Waals surface area contributed by atoms with E-state index in [1.807, 2.05) is 6.20 Å². The molecular formula is C16H27N3. The third kappa shape index (κ3) is 3.08. The molecule has 2 rings (SSSR count). The number of hydrogen-bond donors (Lipinski definition) is 0. The molecule has 19 heavy (non-hydrogen) atoms. The van der Waals surface area contributed by atoms with Gasteiger partial charge in [0.2, 0.25) is 0 Å². The van der Waals surface area contributed by atoms with Crippen LogP contribution < -0.4 is 4.90 Å². The van der Waals surface area contributed by atoms with Crippen molar-refractivity contribution in [3.63, 3.8) is 0 Å². The predicted octanol–water partition coefficient (Wildman–Crippen LogP) is 3.47. The van der Waals surface area contributed by atoms with Crippen LogP contribution in [0.15, 0.2) is 18.3 Å². The van der Waals surface area contributed by atoms with Gasteiger partial charge in [0, 0.05) is 37.4 Å². The predicted molar refractivity (Wildman–Crippen MR) is 81.6 cm³/mol. The van der Waals surface area contributed by atoms with Gasteiger partial charge in [-0.15, -0.1) is 0 Å². The Hall–Kier alpha value is -1.09. The van der Waals surface area contributed by atoms with Gasteiger partial charge in [0.25, 0.3) is 0 Å². The second kappa shape index (κ2) is 6.38. The molecule has 3 nitrogen and oxygen atoms in total. The zero-order valence-corrected chi connectivity index (χ0v) is 12.8. The fourth-order valence-electron chi connectivity index (χ4n) is 3.04. The van der Waals surface area contributed by atoms with Gasteiger partial charge in [0.15, 0.2) is 0 Å². The van der Waals surface area contributed by atoms with Crippen LogP contribution >= 0.6 is 0 Å². The fourth-order valence-corrected chi connectivity index (χ4v) is 3.04. The third-order valence-corrected chi connectivity index (χ3v) is 4.22. The molecule has 0 N–H and O–H groups in total. The molecule has 1 fully saturated rings. The van der Waals surface area contributed by atoms with Gasteiger partial charge in [-0.25, -0.2) is 4.98 Å². The Morgan fingerprint density at radius 1 is 1.42 bits per heavy atom. The SMILES string of the molecule is CCN(C)c1ncccc1C1CCCCN1C(C)C. The van der Waals surface area contributed by atoms with Crippen LogP contribution in [0.2, 0.25) is 0 Å². The number of pyridine rings is 1. The van der Waals surface area contributed by atoms with Crippen LogP contribution in [0.25, 0.3) is 0 Å². The molecule has 1 aliphatic heterocycles. The molecule has 1 saturated heterocycles. The molecule has 0 amide bonds. The number of likely N-dealkylation sites (tertiary alicyclic amines) is 1. The molecule has 0 radical (unpaired) electrons. The van der Waals surface area contributed by atoms with Crippen molar-refractivity contribution in [2.45, 2.75) is 52.1 Å². The lowest BCUT2D eigenvalue weighted by molar-refractivity contribution is 0.112. The van der Waals surface area contributed by atoms with Crippen molar-refractivity contribution >= 4 is 5.82 Å². The van der Waals surface area contributed by atoms with Gasteiger partial charge in [-0.2, -0.15) is 0 Å². The largest absolute Gasteiger partial charge is 0.360 e. The van der Waals surface area contributed by atoms with Crippen LogP contribution in [0.5, 0.6) is 0 Å². The van der Waals surface area contributed by atoms with Gasteiger partial charge in [-0.1, -0.05) is 12.5 Å². The highest BCUT2D eigenvalue weighted by molar-refractivity contribution is 5.47. The van der Waals surface area contributed by atoms with Gasteiger partial charge < -0.3 is 4.90 Å². The molecule has 0 bridgehead atoms. The molecule has 3 heteroatoms. The quantitative estimate of drug-likeness (QED) is 0.827. The van der Waals surface area contributed by atoms with E-state index in [-0.39, 0.29) is 0 Å². The summed E-state index contributed by atoms with van der Waals surface area (Å²) >= 11 is 0. The average Bonchev–Trinajstić information content (AvgIpc) is 2.46. The van der Waals surface area contributed by atoms with E-state index in [1.165, 1.54) is 31.4 Å². The van der Waals surface area contributed by atoms with E-state index in [9.17, 15) is 0 Å². The van der Waals surface area contributed by atoms with E-state index in [1.54, 1.807) is 0 Å². The molecule has 1 aromatic heterocycles. The maximum atomic E-state index is 4.62. The summed E-state index contributed by atoms with van der Waals surface area (Å²) in [6, 6.07) is 5.48. The smallest absolute Gasteiger partial charge is 0.133 e. The monoisotopic (exact) mass is 261 g/mol. The number of aromatic nitrogens is 1. The molecule has 2 heterocycles. The molecule has 1 atom stereocenters. The highest BCUT2D eigenvalue weighted by atomic mass is 15.2. The second-order valence-electron chi connectivity index (χ2n) is 5.77. The van der Waals surface area contributed by atoms with Crippen molar-refractivity contribution in [1.29, 1.82) is 0 Å². The zero-order chi connectivity index (χ0) is 13.8. The first-order valence-corrected chi connectivity index (χ1v) is 7.57. The Morgan fingerprint density at radius 2 is 2.21 bits per heavy atom. The number of piperidine rings is 1. The molecule has 0 spiro atoms. The van der Waals surface area contributed by atoms with Crippen LogP contribution in [0.4, 0.5) is 5.82 Å². The van der Waals surface area contributed by atoms with Gasteiger partial charge in [0.05, 0.1) is 0 Å². The van der Waals surface area contributed by atoms with E-state index in [4.69, 9.17) is 0 Å². The highest BCUT2D eigenvalue weighted by Crippen LogP contribution is 2.36. The Labute approximate surface area is 117 Å². The van der Waals surface area contributed by atoms with Crippen molar-refractivity contribution < 1.29 is 0 Å². The van der Waals surface area contributed by atoms with Gasteiger partial charge >= 0.3 is 0 Å². The molecular weight excluding hydrogens is 234 g/mol. The number of hydrogen-bond acceptors (Lipinski definition) is 3. The summed E-state index contributed by atoms with van der Waals surface area (Å²) in [7, 11) is 2.13. The van der Waals surface area contributed by atoms with E-state index in [0.717, 1.165) is 12.4 Å². The first-order valence-electron chi connectivity index (χ1n) is 7.57. The summed E-state index contributed by atoms with van der Waals surface area (Å²) in [5.74, 6) is 1.16. The van der Waals surface area contributed by atoms with Gasteiger partial charge in [-0.3, -0.25) is 4.90 Å². The zero-order valence-electron chi connectivity index (χ0n) is 12.8. The third-order valence-electron chi connectivity index (χ3n) is 4.22. The maximum absolute atomic E-state index is 4.62. The first kappa shape index (κ1) is 14.3. The molecule has 1 aromatic rings. The first-order chi connectivity index (χ1) is 9.15. The van der Waals surface area contributed by atoms with Crippen LogP contribution in [0.1, 0.15) is 51.6 Å². The number of nitrogens with zero attached hydrogens (tertiary/aromatic N) is 3. The topological polar surface area (TPSA) is 19.4 Å². The molecule has 1 aliphatic rings. The maximum Gasteiger partial charge on any atom is 0.133 e. The van der Waals surface area contributed by atoms with Gasteiger partial charge in [-0.05, 0) is 46.2 Å². The summed E-state index contributed by atoms with van der Waals surface area (Å²) in [4.78, 5) is 9.50. The average molecular weight is 261 g/mol. The van der Waals surface area contributed by atoms with Crippen LogP contribution in [0, 0.1) is 0 Å². The minimum atomic E-state index is 0.534. The summed E-state index contributed by atoms with van der Waals surface area (Å²) in [6.45, 7) is 9.00. The Kier molecular flexibility index (Phi) is 4.81. The Balaban J connectivity index is 2.33. The fraction of sp³-hybridized carbons (Fsp3) is 0.688. The lowest BCUT2D eigenvalue weighted by Gasteiger charge is -2.40. The molecule has 0 aliphatic carbocycles. The summed E-state index contributed by atoms with van der Waals surface area (Å²) in [5, 5.41) is 0. The lowest BCUT2D eigenvalue weighted by Crippen LogP contribution is -2.39.